The van der Waals surface area contributed by atoms with Gasteiger partial charge in [-0.25, -0.2) is 4.79 Å². The van der Waals surface area contributed by atoms with Crippen LogP contribution in [-0.4, -0.2) is 19.0 Å². The molecular weight excluding hydrogens is 327 g/mol. The molecule has 0 bridgehead atoms. The number of alkyl halides is 3. The molecule has 24 heavy (non-hydrogen) atoms. The quantitative estimate of drug-likeness (QED) is 0.867. The Labute approximate surface area is 135 Å². The number of methoxy groups -OCH3 is 1. The van der Waals surface area contributed by atoms with Gasteiger partial charge >= 0.3 is 12.1 Å². The van der Waals surface area contributed by atoms with E-state index >= 15 is 0 Å². The molecule has 1 heterocycles. The van der Waals surface area contributed by atoms with Crippen molar-refractivity contribution in [1.29, 1.82) is 0 Å². The van der Waals surface area contributed by atoms with E-state index in [9.17, 15) is 22.8 Å². The molecule has 0 saturated carbocycles. The van der Waals surface area contributed by atoms with Gasteiger partial charge in [-0.1, -0.05) is 18.2 Å². The molecule has 0 saturated heterocycles. The van der Waals surface area contributed by atoms with Crippen molar-refractivity contribution in [3.8, 4) is 0 Å². The maximum Gasteiger partial charge on any atom is 0.416 e. The number of hydrogen-bond donors (Lipinski definition) is 1. The third-order valence-corrected chi connectivity index (χ3v) is 3.39. The standard InChI is InChI=1S/C16H14F3NO4/c1-9-10(7-8-24-9)14(21)20-13(15(22)23-2)11-5-3-4-6-12(11)16(17,18)19/h3-8,13H,1-2H3,(H,20,21)/t13-/m1/s1. The minimum Gasteiger partial charge on any atom is -0.469 e. The Morgan fingerprint density at radius 2 is 1.88 bits per heavy atom. The maximum atomic E-state index is 13.2. The van der Waals surface area contributed by atoms with Gasteiger partial charge in [-0.3, -0.25) is 4.79 Å². The number of nitrogens with one attached hydrogen (secondary N) is 1. The smallest absolute Gasteiger partial charge is 0.416 e. The van der Waals surface area contributed by atoms with Gasteiger partial charge < -0.3 is 14.5 Å². The predicted octanol–water partition coefficient (Wildman–Crippen LogP) is 3.25. The molecule has 0 aliphatic heterocycles. The number of esters is 1. The molecule has 0 aliphatic rings. The highest BCUT2D eigenvalue weighted by molar-refractivity contribution is 5.97. The topological polar surface area (TPSA) is 68.5 Å². The van der Waals surface area contributed by atoms with Gasteiger partial charge in [0.1, 0.15) is 5.76 Å². The lowest BCUT2D eigenvalue weighted by molar-refractivity contribution is -0.144. The summed E-state index contributed by atoms with van der Waals surface area (Å²) in [4.78, 5) is 24.2. The second-order valence-electron chi connectivity index (χ2n) is 4.91. The van der Waals surface area contributed by atoms with Gasteiger partial charge in [0.25, 0.3) is 5.91 Å². The van der Waals surface area contributed by atoms with E-state index in [1.165, 1.54) is 31.4 Å². The lowest BCUT2D eigenvalue weighted by Crippen LogP contribution is -2.36. The number of hydrogen-bond acceptors (Lipinski definition) is 4. The van der Waals surface area contributed by atoms with Crippen LogP contribution in [0, 0.1) is 6.92 Å². The molecule has 0 unspecified atom stereocenters. The number of amides is 1. The highest BCUT2D eigenvalue weighted by Gasteiger charge is 2.37. The molecule has 2 aromatic rings. The van der Waals surface area contributed by atoms with Crippen LogP contribution in [0.25, 0.3) is 0 Å². The molecule has 8 heteroatoms. The second-order valence-corrected chi connectivity index (χ2v) is 4.91. The molecule has 2 rings (SSSR count). The fourth-order valence-electron chi connectivity index (χ4n) is 2.22. The van der Waals surface area contributed by atoms with Crippen molar-refractivity contribution in [3.63, 3.8) is 0 Å². The van der Waals surface area contributed by atoms with E-state index in [1.807, 2.05) is 0 Å². The number of rotatable bonds is 4. The molecule has 1 aromatic carbocycles. The van der Waals surface area contributed by atoms with E-state index in [-0.39, 0.29) is 11.3 Å². The second kappa shape index (κ2) is 6.77. The first-order valence-electron chi connectivity index (χ1n) is 6.84. The summed E-state index contributed by atoms with van der Waals surface area (Å²) in [5.41, 5.74) is -1.30. The number of aryl methyl sites for hydroxylation is 1. The fourth-order valence-corrected chi connectivity index (χ4v) is 2.22. The van der Waals surface area contributed by atoms with Crippen LogP contribution in [0.4, 0.5) is 13.2 Å². The van der Waals surface area contributed by atoms with E-state index in [2.05, 4.69) is 10.1 Å². The first kappa shape index (κ1) is 17.6. The van der Waals surface area contributed by atoms with E-state index < -0.39 is 35.2 Å². The number of halogens is 3. The van der Waals surface area contributed by atoms with Crippen LogP contribution in [0.15, 0.2) is 41.0 Å². The van der Waals surface area contributed by atoms with E-state index in [0.717, 1.165) is 19.2 Å². The summed E-state index contributed by atoms with van der Waals surface area (Å²) in [5, 5.41) is 2.27. The van der Waals surface area contributed by atoms with Crippen LogP contribution in [0.5, 0.6) is 0 Å². The molecule has 1 amide bonds. The van der Waals surface area contributed by atoms with Gasteiger partial charge in [0.05, 0.1) is 24.5 Å². The molecule has 0 radical (unpaired) electrons. The number of ether oxygens (including phenoxy) is 1. The Hall–Kier alpha value is -2.77. The average molecular weight is 341 g/mol. The van der Waals surface area contributed by atoms with Crippen molar-refractivity contribution in [1.82, 2.24) is 5.32 Å². The molecule has 128 valence electrons. The van der Waals surface area contributed by atoms with Crippen LogP contribution in [0.2, 0.25) is 0 Å². The number of benzene rings is 1. The number of carbonyl (C=O) groups is 2. The Morgan fingerprint density at radius 1 is 1.21 bits per heavy atom. The summed E-state index contributed by atoms with van der Waals surface area (Å²) < 4.78 is 49.0. The third-order valence-electron chi connectivity index (χ3n) is 3.39. The number of carbonyl (C=O) groups excluding carboxylic acids is 2. The van der Waals surface area contributed by atoms with Gasteiger partial charge in [-0.2, -0.15) is 13.2 Å². The number of furan rings is 1. The van der Waals surface area contributed by atoms with E-state index in [0.29, 0.717) is 0 Å². The van der Waals surface area contributed by atoms with Gasteiger partial charge in [0.15, 0.2) is 6.04 Å². The van der Waals surface area contributed by atoms with Crippen LogP contribution in [0.1, 0.15) is 33.3 Å². The lowest BCUT2D eigenvalue weighted by Gasteiger charge is -2.20. The normalized spacial score (nSPS) is 12.5. The summed E-state index contributed by atoms with van der Waals surface area (Å²) in [7, 11) is 1.03. The molecule has 0 aliphatic carbocycles. The van der Waals surface area contributed by atoms with Crippen LogP contribution in [0.3, 0.4) is 0 Å². The lowest BCUT2D eigenvalue weighted by atomic mass is 9.99. The zero-order valence-corrected chi connectivity index (χ0v) is 12.8. The van der Waals surface area contributed by atoms with Crippen molar-refractivity contribution >= 4 is 11.9 Å². The predicted molar refractivity (Wildman–Crippen MR) is 77.1 cm³/mol. The molecule has 1 aromatic heterocycles. The van der Waals surface area contributed by atoms with Crippen molar-refractivity contribution in [3.05, 3.63) is 59.0 Å². The zero-order chi connectivity index (χ0) is 17.9. The van der Waals surface area contributed by atoms with Gasteiger partial charge in [-0.05, 0) is 24.6 Å². The summed E-state index contributed by atoms with van der Waals surface area (Å²) in [5.74, 6) is -1.48. The first-order valence-corrected chi connectivity index (χ1v) is 6.84. The fraction of sp³-hybridized carbons (Fsp3) is 0.250. The molecule has 0 fully saturated rings. The Balaban J connectivity index is 2.43. The van der Waals surface area contributed by atoms with Crippen LogP contribution >= 0.6 is 0 Å². The van der Waals surface area contributed by atoms with Gasteiger partial charge in [0, 0.05) is 0 Å². The van der Waals surface area contributed by atoms with Crippen molar-refractivity contribution in [2.45, 2.75) is 19.1 Å². The third kappa shape index (κ3) is 3.58. The van der Waals surface area contributed by atoms with Crippen LogP contribution in [-0.2, 0) is 15.7 Å². The minimum atomic E-state index is -4.68. The molecule has 1 atom stereocenters. The van der Waals surface area contributed by atoms with E-state index in [1.54, 1.807) is 0 Å². The SMILES string of the molecule is COC(=O)[C@H](NC(=O)c1ccoc1C)c1ccccc1C(F)(F)F. The monoisotopic (exact) mass is 341 g/mol. The zero-order valence-electron chi connectivity index (χ0n) is 12.8. The van der Waals surface area contributed by atoms with Crippen LogP contribution < -0.4 is 5.32 Å². The molecule has 5 nitrogen and oxygen atoms in total. The first-order chi connectivity index (χ1) is 11.3. The molecule has 1 N–H and O–H groups in total. The van der Waals surface area contributed by atoms with Crippen molar-refractivity contribution < 1.29 is 31.9 Å². The molecular formula is C16H14F3NO4. The summed E-state index contributed by atoms with van der Waals surface area (Å²) in [6, 6.07) is 4.25. The van der Waals surface area contributed by atoms with Gasteiger partial charge in [-0.15, -0.1) is 0 Å². The van der Waals surface area contributed by atoms with Crippen molar-refractivity contribution in [2.75, 3.05) is 7.11 Å². The summed E-state index contributed by atoms with van der Waals surface area (Å²) in [6.45, 7) is 1.52. The Kier molecular flexibility index (Phi) is 4.96. The average Bonchev–Trinajstić information content (AvgIpc) is 2.97. The molecule has 0 spiro atoms. The summed E-state index contributed by atoms with van der Waals surface area (Å²) >= 11 is 0. The highest BCUT2D eigenvalue weighted by atomic mass is 19.4. The van der Waals surface area contributed by atoms with Crippen molar-refractivity contribution in [2.24, 2.45) is 0 Å². The minimum absolute atomic E-state index is 0.119. The van der Waals surface area contributed by atoms with Gasteiger partial charge in [0.2, 0.25) is 0 Å². The Morgan fingerprint density at radius 3 is 2.42 bits per heavy atom. The largest absolute Gasteiger partial charge is 0.469 e. The summed E-state index contributed by atoms with van der Waals surface area (Å²) in [6.07, 6.45) is -3.42. The van der Waals surface area contributed by atoms with E-state index in [4.69, 9.17) is 4.42 Å². The Bertz CT molecular complexity index is 752. The highest BCUT2D eigenvalue weighted by Crippen LogP contribution is 2.35. The maximum absolute atomic E-state index is 13.2.